The summed E-state index contributed by atoms with van der Waals surface area (Å²) >= 11 is 0. The second-order valence-electron chi connectivity index (χ2n) is 3.72. The van der Waals surface area contributed by atoms with Gasteiger partial charge in [-0.15, -0.1) is 0 Å². The first-order valence-electron chi connectivity index (χ1n) is 5.00. The number of hydrogen-bond acceptors (Lipinski definition) is 2. The monoisotopic (exact) mass is 185 g/mol. The zero-order valence-corrected chi connectivity index (χ0v) is 8.75. The van der Waals surface area contributed by atoms with Gasteiger partial charge in [0.1, 0.15) is 6.61 Å². The first-order valence-corrected chi connectivity index (χ1v) is 5.00. The van der Waals surface area contributed by atoms with Crippen LogP contribution in [0.25, 0.3) is 0 Å². The maximum absolute atomic E-state index is 11.6. The second-order valence-corrected chi connectivity index (χ2v) is 3.72. The summed E-state index contributed by atoms with van der Waals surface area (Å²) in [4.78, 5) is 13.6. The summed E-state index contributed by atoms with van der Waals surface area (Å²) in [5.41, 5.74) is 0. The van der Waals surface area contributed by atoms with Gasteiger partial charge in [0.25, 0.3) is 0 Å². The highest BCUT2D eigenvalue weighted by Crippen LogP contribution is 2.25. The Hall–Kier alpha value is -0.570. The minimum absolute atomic E-state index is 0.138. The quantitative estimate of drug-likeness (QED) is 0.665. The van der Waals surface area contributed by atoms with Gasteiger partial charge < -0.3 is 9.64 Å². The van der Waals surface area contributed by atoms with Crippen LogP contribution in [0.15, 0.2) is 0 Å². The first-order chi connectivity index (χ1) is 6.20. The van der Waals surface area contributed by atoms with E-state index in [2.05, 4.69) is 13.8 Å². The Morgan fingerprint density at radius 3 is 2.77 bits per heavy atom. The van der Waals surface area contributed by atoms with Gasteiger partial charge in [0.05, 0.1) is 0 Å². The van der Waals surface area contributed by atoms with Crippen molar-refractivity contribution in [3.63, 3.8) is 0 Å². The Bertz CT molecular complexity index is 182. The standard InChI is InChI=1S/C10H19NO2/c1-4-9-6-5-8(2)11(9)10(12)7-13-3/h8-9H,4-7H2,1-3H3. The molecule has 1 amide bonds. The topological polar surface area (TPSA) is 29.5 Å². The van der Waals surface area contributed by atoms with E-state index in [1.165, 1.54) is 0 Å². The molecule has 0 aromatic heterocycles. The molecule has 1 heterocycles. The minimum atomic E-state index is 0.138. The van der Waals surface area contributed by atoms with Crippen LogP contribution in [0.1, 0.15) is 33.1 Å². The van der Waals surface area contributed by atoms with Crippen molar-refractivity contribution in [3.8, 4) is 0 Å². The lowest BCUT2D eigenvalue weighted by Crippen LogP contribution is -2.41. The van der Waals surface area contributed by atoms with E-state index in [-0.39, 0.29) is 12.5 Å². The number of rotatable bonds is 3. The van der Waals surface area contributed by atoms with Crippen molar-refractivity contribution in [2.75, 3.05) is 13.7 Å². The molecule has 3 nitrogen and oxygen atoms in total. The van der Waals surface area contributed by atoms with E-state index < -0.39 is 0 Å². The zero-order chi connectivity index (χ0) is 9.84. The number of methoxy groups -OCH3 is 1. The molecule has 0 spiro atoms. The van der Waals surface area contributed by atoms with E-state index in [0.29, 0.717) is 12.1 Å². The summed E-state index contributed by atoms with van der Waals surface area (Å²) in [5.74, 6) is 0.138. The van der Waals surface area contributed by atoms with Crippen LogP contribution in [-0.4, -0.2) is 36.6 Å². The van der Waals surface area contributed by atoms with Gasteiger partial charge >= 0.3 is 0 Å². The maximum Gasteiger partial charge on any atom is 0.249 e. The summed E-state index contributed by atoms with van der Waals surface area (Å²) in [6, 6.07) is 0.838. The van der Waals surface area contributed by atoms with Gasteiger partial charge in [-0.3, -0.25) is 4.79 Å². The fourth-order valence-corrected chi connectivity index (χ4v) is 2.12. The number of carbonyl (C=O) groups is 1. The molecule has 13 heavy (non-hydrogen) atoms. The molecular formula is C10H19NO2. The van der Waals surface area contributed by atoms with Gasteiger partial charge in [-0.05, 0) is 26.2 Å². The molecule has 0 aromatic rings. The van der Waals surface area contributed by atoms with Gasteiger partial charge in [0.2, 0.25) is 5.91 Å². The zero-order valence-electron chi connectivity index (χ0n) is 8.75. The lowest BCUT2D eigenvalue weighted by Gasteiger charge is -2.27. The first kappa shape index (κ1) is 10.5. The highest BCUT2D eigenvalue weighted by molar-refractivity contribution is 5.78. The molecule has 0 aromatic carbocycles. The molecule has 0 N–H and O–H groups in total. The summed E-state index contributed by atoms with van der Waals surface area (Å²) < 4.78 is 4.87. The van der Waals surface area contributed by atoms with Crippen LogP contribution in [0.5, 0.6) is 0 Å². The van der Waals surface area contributed by atoms with Gasteiger partial charge in [0.15, 0.2) is 0 Å². The highest BCUT2D eigenvalue weighted by atomic mass is 16.5. The van der Waals surface area contributed by atoms with Crippen LogP contribution < -0.4 is 0 Å². The van der Waals surface area contributed by atoms with Gasteiger partial charge in [0, 0.05) is 19.2 Å². The Morgan fingerprint density at radius 1 is 1.54 bits per heavy atom. The molecule has 1 aliphatic rings. The van der Waals surface area contributed by atoms with Crippen LogP contribution in [0.4, 0.5) is 0 Å². The third-order valence-electron chi connectivity index (χ3n) is 2.81. The second kappa shape index (κ2) is 4.61. The van der Waals surface area contributed by atoms with Crippen LogP contribution in [0.3, 0.4) is 0 Å². The van der Waals surface area contributed by atoms with Crippen LogP contribution in [-0.2, 0) is 9.53 Å². The number of likely N-dealkylation sites (tertiary alicyclic amines) is 1. The lowest BCUT2D eigenvalue weighted by atomic mass is 10.1. The Morgan fingerprint density at radius 2 is 2.23 bits per heavy atom. The van der Waals surface area contributed by atoms with Crippen LogP contribution in [0.2, 0.25) is 0 Å². The third kappa shape index (κ3) is 2.21. The van der Waals surface area contributed by atoms with E-state index in [1.807, 2.05) is 4.90 Å². The predicted molar refractivity (Wildman–Crippen MR) is 51.5 cm³/mol. The Balaban J connectivity index is 2.58. The summed E-state index contributed by atoms with van der Waals surface area (Å²) in [6.45, 7) is 4.47. The van der Waals surface area contributed by atoms with E-state index in [1.54, 1.807) is 7.11 Å². The number of ether oxygens (including phenoxy) is 1. The maximum atomic E-state index is 11.6. The van der Waals surface area contributed by atoms with E-state index in [0.717, 1.165) is 19.3 Å². The van der Waals surface area contributed by atoms with Crippen molar-refractivity contribution < 1.29 is 9.53 Å². The SMILES string of the molecule is CCC1CCC(C)N1C(=O)COC. The fraction of sp³-hybridized carbons (Fsp3) is 0.900. The van der Waals surface area contributed by atoms with Crippen LogP contribution in [0, 0.1) is 0 Å². The third-order valence-corrected chi connectivity index (χ3v) is 2.81. The fourth-order valence-electron chi connectivity index (χ4n) is 2.12. The molecule has 1 saturated heterocycles. The molecule has 1 aliphatic heterocycles. The molecule has 76 valence electrons. The molecule has 1 rings (SSSR count). The van der Waals surface area contributed by atoms with Crippen molar-refractivity contribution in [2.24, 2.45) is 0 Å². The summed E-state index contributed by atoms with van der Waals surface area (Å²) in [6.07, 6.45) is 3.33. The molecular weight excluding hydrogens is 166 g/mol. The van der Waals surface area contributed by atoms with E-state index in [9.17, 15) is 4.79 Å². The van der Waals surface area contributed by atoms with Gasteiger partial charge in [-0.25, -0.2) is 0 Å². The molecule has 0 saturated carbocycles. The number of nitrogens with zero attached hydrogens (tertiary/aromatic N) is 1. The highest BCUT2D eigenvalue weighted by Gasteiger charge is 2.32. The predicted octanol–water partition coefficient (Wildman–Crippen LogP) is 1.42. The molecule has 2 unspecified atom stereocenters. The smallest absolute Gasteiger partial charge is 0.249 e. The minimum Gasteiger partial charge on any atom is -0.375 e. The van der Waals surface area contributed by atoms with E-state index in [4.69, 9.17) is 4.74 Å². The largest absolute Gasteiger partial charge is 0.375 e. The van der Waals surface area contributed by atoms with Gasteiger partial charge in [-0.2, -0.15) is 0 Å². The summed E-state index contributed by atoms with van der Waals surface area (Å²) in [7, 11) is 1.57. The van der Waals surface area contributed by atoms with Crippen molar-refractivity contribution in [1.82, 2.24) is 4.90 Å². The average Bonchev–Trinajstić information content (AvgIpc) is 2.47. The number of amides is 1. The van der Waals surface area contributed by atoms with Crippen molar-refractivity contribution in [2.45, 2.75) is 45.2 Å². The van der Waals surface area contributed by atoms with Crippen molar-refractivity contribution >= 4 is 5.91 Å². The normalized spacial score (nSPS) is 28.1. The summed E-state index contributed by atoms with van der Waals surface area (Å²) in [5, 5.41) is 0. The number of carbonyl (C=O) groups excluding carboxylic acids is 1. The number of hydrogen-bond donors (Lipinski definition) is 0. The lowest BCUT2D eigenvalue weighted by molar-refractivity contribution is -0.137. The Labute approximate surface area is 80.1 Å². The molecule has 0 radical (unpaired) electrons. The Kier molecular flexibility index (Phi) is 3.72. The molecule has 1 fully saturated rings. The van der Waals surface area contributed by atoms with Gasteiger partial charge in [-0.1, -0.05) is 6.92 Å². The van der Waals surface area contributed by atoms with E-state index >= 15 is 0 Å². The van der Waals surface area contributed by atoms with Crippen LogP contribution >= 0.6 is 0 Å². The average molecular weight is 185 g/mol. The molecule has 0 aliphatic carbocycles. The molecule has 2 atom stereocenters. The molecule has 3 heteroatoms. The van der Waals surface area contributed by atoms with Crippen molar-refractivity contribution in [1.29, 1.82) is 0 Å². The molecule has 0 bridgehead atoms. The van der Waals surface area contributed by atoms with Crippen molar-refractivity contribution in [3.05, 3.63) is 0 Å².